The number of aryl methyl sites for hydroxylation is 1. The number of rotatable bonds is 1. The van der Waals surface area contributed by atoms with E-state index in [0.717, 1.165) is 16.7 Å². The van der Waals surface area contributed by atoms with Crippen molar-refractivity contribution >= 4 is 23.2 Å². The van der Waals surface area contributed by atoms with Crippen molar-refractivity contribution in [3.05, 3.63) is 52.0 Å². The first kappa shape index (κ1) is 11.3. The average molecular weight is 253 g/mol. The maximum absolute atomic E-state index is 9.48. The predicted molar refractivity (Wildman–Crippen MR) is 68.3 cm³/mol. The van der Waals surface area contributed by atoms with Crippen LogP contribution in [0.2, 0.25) is 10.0 Å². The second-order valence-corrected chi connectivity index (χ2v) is 4.59. The molecule has 0 saturated carbocycles. The minimum atomic E-state index is 0.153. The number of hydrogen-bond donors (Lipinski definition) is 1. The van der Waals surface area contributed by atoms with Crippen LogP contribution in [0.1, 0.15) is 5.56 Å². The summed E-state index contributed by atoms with van der Waals surface area (Å²) in [6, 6.07) is 10.7. The Morgan fingerprint density at radius 1 is 0.812 bits per heavy atom. The van der Waals surface area contributed by atoms with E-state index in [-0.39, 0.29) is 5.75 Å². The van der Waals surface area contributed by atoms with Crippen molar-refractivity contribution < 1.29 is 5.11 Å². The maximum atomic E-state index is 9.48. The van der Waals surface area contributed by atoms with Gasteiger partial charge in [-0.3, -0.25) is 0 Å². The third-order valence-corrected chi connectivity index (χ3v) is 2.69. The Hall–Kier alpha value is -1.18. The summed E-state index contributed by atoms with van der Waals surface area (Å²) in [6.45, 7) is 1.97. The molecule has 82 valence electrons. The second kappa shape index (κ2) is 4.36. The van der Waals surface area contributed by atoms with Gasteiger partial charge in [-0.2, -0.15) is 0 Å². The molecule has 0 bridgehead atoms. The van der Waals surface area contributed by atoms with E-state index in [1.165, 1.54) is 6.07 Å². The van der Waals surface area contributed by atoms with Gasteiger partial charge in [0.15, 0.2) is 0 Å². The van der Waals surface area contributed by atoms with Gasteiger partial charge in [0.1, 0.15) is 5.75 Å². The van der Waals surface area contributed by atoms with Gasteiger partial charge in [-0.1, -0.05) is 29.3 Å². The molecular formula is C13H10Cl2O. The fourth-order valence-corrected chi connectivity index (χ4v) is 2.16. The lowest BCUT2D eigenvalue weighted by molar-refractivity contribution is 0.475. The van der Waals surface area contributed by atoms with E-state index in [1.807, 2.05) is 25.1 Å². The van der Waals surface area contributed by atoms with Crippen LogP contribution < -0.4 is 0 Å². The number of phenolic OH excluding ortho intramolecular Hbond substituents is 1. The fourth-order valence-electron chi connectivity index (χ4n) is 1.64. The summed E-state index contributed by atoms with van der Waals surface area (Å²) in [5, 5.41) is 10.7. The summed E-state index contributed by atoms with van der Waals surface area (Å²) >= 11 is 11.9. The summed E-state index contributed by atoms with van der Waals surface area (Å²) in [5.41, 5.74) is 2.88. The highest BCUT2D eigenvalue weighted by molar-refractivity contribution is 6.31. The molecule has 2 aromatic rings. The Morgan fingerprint density at radius 3 is 1.94 bits per heavy atom. The van der Waals surface area contributed by atoms with E-state index in [2.05, 4.69) is 0 Å². The van der Waals surface area contributed by atoms with Gasteiger partial charge in [-0.05, 0) is 53.9 Å². The summed E-state index contributed by atoms with van der Waals surface area (Å²) in [7, 11) is 0. The first-order valence-electron chi connectivity index (χ1n) is 4.82. The van der Waals surface area contributed by atoms with Gasteiger partial charge in [0, 0.05) is 10.0 Å². The van der Waals surface area contributed by atoms with Gasteiger partial charge < -0.3 is 5.11 Å². The van der Waals surface area contributed by atoms with Gasteiger partial charge in [0.2, 0.25) is 0 Å². The van der Waals surface area contributed by atoms with E-state index in [0.29, 0.717) is 10.0 Å². The zero-order chi connectivity index (χ0) is 11.7. The zero-order valence-electron chi connectivity index (χ0n) is 8.67. The third-order valence-electron chi connectivity index (χ3n) is 2.26. The number of phenols is 1. The van der Waals surface area contributed by atoms with Gasteiger partial charge in [0.05, 0.1) is 0 Å². The molecule has 0 fully saturated rings. The molecule has 0 atom stereocenters. The molecule has 0 aliphatic heterocycles. The molecule has 1 N–H and O–H groups in total. The Labute approximate surface area is 104 Å². The average Bonchev–Trinajstić information content (AvgIpc) is 2.14. The summed E-state index contributed by atoms with van der Waals surface area (Å²) < 4.78 is 0. The lowest BCUT2D eigenvalue weighted by atomic mass is 10.0. The largest absolute Gasteiger partial charge is 0.508 e. The van der Waals surface area contributed by atoms with Crippen molar-refractivity contribution in [2.45, 2.75) is 6.92 Å². The maximum Gasteiger partial charge on any atom is 0.117 e. The number of benzene rings is 2. The zero-order valence-corrected chi connectivity index (χ0v) is 10.2. The Morgan fingerprint density at radius 2 is 1.38 bits per heavy atom. The van der Waals surface area contributed by atoms with Crippen molar-refractivity contribution in [3.8, 4) is 16.9 Å². The van der Waals surface area contributed by atoms with Crippen molar-refractivity contribution in [2.75, 3.05) is 0 Å². The van der Waals surface area contributed by atoms with Crippen LogP contribution in [-0.2, 0) is 0 Å². The predicted octanol–water partition coefficient (Wildman–Crippen LogP) is 4.67. The molecule has 0 amide bonds. The minimum Gasteiger partial charge on any atom is -0.508 e. The summed E-state index contributed by atoms with van der Waals surface area (Å²) in [5.74, 6) is 0.153. The molecule has 0 spiro atoms. The van der Waals surface area contributed by atoms with Gasteiger partial charge in [-0.15, -0.1) is 0 Å². The van der Waals surface area contributed by atoms with Crippen LogP contribution in [0.4, 0.5) is 0 Å². The fraction of sp³-hybridized carbons (Fsp3) is 0.0769. The number of hydrogen-bond acceptors (Lipinski definition) is 1. The van der Waals surface area contributed by atoms with Crippen molar-refractivity contribution in [1.82, 2.24) is 0 Å². The summed E-state index contributed by atoms with van der Waals surface area (Å²) in [6.07, 6.45) is 0. The molecule has 16 heavy (non-hydrogen) atoms. The molecule has 0 radical (unpaired) electrons. The molecule has 2 aromatic carbocycles. The van der Waals surface area contributed by atoms with Crippen LogP contribution >= 0.6 is 23.2 Å². The van der Waals surface area contributed by atoms with Crippen LogP contribution in [0.25, 0.3) is 11.1 Å². The quantitative estimate of drug-likeness (QED) is 0.782. The number of aromatic hydroxyl groups is 1. The first-order chi connectivity index (χ1) is 7.54. The molecular weight excluding hydrogens is 243 g/mol. The monoisotopic (exact) mass is 252 g/mol. The molecule has 0 unspecified atom stereocenters. The van der Waals surface area contributed by atoms with Crippen LogP contribution in [-0.4, -0.2) is 5.11 Å². The summed E-state index contributed by atoms with van der Waals surface area (Å²) in [4.78, 5) is 0. The van der Waals surface area contributed by atoms with Gasteiger partial charge >= 0.3 is 0 Å². The molecule has 0 heterocycles. The van der Waals surface area contributed by atoms with E-state index in [9.17, 15) is 5.11 Å². The Balaban J connectivity index is 2.57. The second-order valence-electron chi connectivity index (χ2n) is 3.72. The van der Waals surface area contributed by atoms with Gasteiger partial charge in [-0.25, -0.2) is 0 Å². The Kier molecular flexibility index (Phi) is 3.08. The number of halogens is 2. The van der Waals surface area contributed by atoms with E-state index >= 15 is 0 Å². The van der Waals surface area contributed by atoms with Crippen molar-refractivity contribution in [1.29, 1.82) is 0 Å². The highest BCUT2D eigenvalue weighted by Crippen LogP contribution is 2.30. The minimum absolute atomic E-state index is 0.153. The topological polar surface area (TPSA) is 20.2 Å². The standard InChI is InChI=1S/C13H10Cl2O/c1-8-2-9(4-11(14)3-8)10-5-12(15)7-13(16)6-10/h2-7,16H,1H3. The van der Waals surface area contributed by atoms with Crippen LogP contribution in [0.15, 0.2) is 36.4 Å². The molecule has 0 saturated heterocycles. The van der Waals surface area contributed by atoms with Crippen LogP contribution in [0.5, 0.6) is 5.75 Å². The van der Waals surface area contributed by atoms with E-state index in [4.69, 9.17) is 23.2 Å². The molecule has 0 aliphatic carbocycles. The molecule has 0 aliphatic rings. The van der Waals surface area contributed by atoms with Crippen LogP contribution in [0.3, 0.4) is 0 Å². The normalized spacial score (nSPS) is 10.4. The van der Waals surface area contributed by atoms with Gasteiger partial charge in [0.25, 0.3) is 0 Å². The molecule has 3 heteroatoms. The Bertz CT molecular complexity index is 445. The smallest absolute Gasteiger partial charge is 0.117 e. The lowest BCUT2D eigenvalue weighted by Gasteiger charge is -2.05. The highest BCUT2D eigenvalue weighted by Gasteiger charge is 2.03. The third kappa shape index (κ3) is 2.49. The van der Waals surface area contributed by atoms with Crippen molar-refractivity contribution in [3.63, 3.8) is 0 Å². The first-order valence-corrected chi connectivity index (χ1v) is 5.57. The van der Waals surface area contributed by atoms with Crippen LogP contribution in [0, 0.1) is 6.92 Å². The molecule has 1 nitrogen and oxygen atoms in total. The molecule has 2 rings (SSSR count). The van der Waals surface area contributed by atoms with Crippen molar-refractivity contribution in [2.24, 2.45) is 0 Å². The lowest BCUT2D eigenvalue weighted by Crippen LogP contribution is -1.81. The SMILES string of the molecule is Cc1cc(Cl)cc(-c2cc(O)cc(Cl)c2)c1. The molecule has 0 aromatic heterocycles. The van der Waals surface area contributed by atoms with E-state index in [1.54, 1.807) is 12.1 Å². The van der Waals surface area contributed by atoms with E-state index < -0.39 is 0 Å². The highest BCUT2D eigenvalue weighted by atomic mass is 35.5.